The second kappa shape index (κ2) is 6.46. The zero-order valence-corrected chi connectivity index (χ0v) is 9.32. The fourth-order valence-corrected chi connectivity index (χ4v) is 1.15. The molecule has 0 heterocycles. The number of hydrogen-bond acceptors (Lipinski definition) is 2. The van der Waals surface area contributed by atoms with Crippen molar-refractivity contribution in [1.29, 1.82) is 0 Å². The standard InChI is InChI=1S/C9H12O2.Na/c10-9(11)7-6-8-4-2-1-3-5-8;/h1-4,8H,5-7H2,(H,10,11);/q;+1/p-1. The van der Waals surface area contributed by atoms with Crippen LogP contribution in [0.25, 0.3) is 0 Å². The van der Waals surface area contributed by atoms with E-state index >= 15 is 0 Å². The molecule has 0 aromatic rings. The molecule has 0 fully saturated rings. The molecule has 0 radical (unpaired) electrons. The van der Waals surface area contributed by atoms with E-state index in [0.717, 1.165) is 6.42 Å². The van der Waals surface area contributed by atoms with Crippen LogP contribution in [0, 0.1) is 5.92 Å². The van der Waals surface area contributed by atoms with Gasteiger partial charge in [-0.2, -0.15) is 0 Å². The Morgan fingerprint density at radius 3 is 2.75 bits per heavy atom. The molecule has 0 aliphatic heterocycles. The van der Waals surface area contributed by atoms with Crippen molar-refractivity contribution < 1.29 is 39.5 Å². The molecule has 1 rings (SSSR count). The van der Waals surface area contributed by atoms with Gasteiger partial charge in [0.25, 0.3) is 0 Å². The molecule has 1 atom stereocenters. The summed E-state index contributed by atoms with van der Waals surface area (Å²) in [6.07, 6.45) is 9.87. The molecular formula is C9H11NaO2. The van der Waals surface area contributed by atoms with E-state index in [4.69, 9.17) is 0 Å². The Morgan fingerprint density at radius 2 is 2.25 bits per heavy atom. The molecule has 0 saturated heterocycles. The van der Waals surface area contributed by atoms with Crippen LogP contribution in [0.2, 0.25) is 0 Å². The Kier molecular flexibility index (Phi) is 6.44. The van der Waals surface area contributed by atoms with E-state index in [0.29, 0.717) is 12.3 Å². The van der Waals surface area contributed by atoms with Gasteiger partial charge in [-0.1, -0.05) is 24.3 Å². The van der Waals surface area contributed by atoms with E-state index in [9.17, 15) is 9.90 Å². The van der Waals surface area contributed by atoms with Crippen LogP contribution in [0.1, 0.15) is 19.3 Å². The van der Waals surface area contributed by atoms with Crippen LogP contribution in [-0.2, 0) is 4.79 Å². The molecule has 1 aliphatic rings. The van der Waals surface area contributed by atoms with Gasteiger partial charge in [0.15, 0.2) is 0 Å². The first-order valence-electron chi connectivity index (χ1n) is 3.82. The van der Waals surface area contributed by atoms with Gasteiger partial charge in [-0.15, -0.1) is 0 Å². The van der Waals surface area contributed by atoms with E-state index < -0.39 is 5.97 Å². The molecule has 0 aromatic heterocycles. The molecule has 0 N–H and O–H groups in total. The van der Waals surface area contributed by atoms with E-state index in [1.807, 2.05) is 18.2 Å². The molecule has 60 valence electrons. The number of aliphatic carboxylic acids is 1. The number of carboxylic acids is 1. The summed E-state index contributed by atoms with van der Waals surface area (Å²) in [6.45, 7) is 0. The van der Waals surface area contributed by atoms with Crippen molar-refractivity contribution in [2.24, 2.45) is 5.92 Å². The SMILES string of the molecule is O=C([O-])CCC1C=CC=CC1.[Na+]. The third kappa shape index (κ3) is 4.75. The predicted molar refractivity (Wildman–Crippen MR) is 40.6 cm³/mol. The third-order valence-electron chi connectivity index (χ3n) is 1.79. The Hall–Kier alpha value is -0.0500. The molecule has 1 unspecified atom stereocenters. The van der Waals surface area contributed by atoms with Gasteiger partial charge in [-0.25, -0.2) is 0 Å². The van der Waals surface area contributed by atoms with Crippen LogP contribution in [0.15, 0.2) is 24.3 Å². The van der Waals surface area contributed by atoms with Crippen molar-refractivity contribution in [3.8, 4) is 0 Å². The predicted octanol–water partition coefficient (Wildman–Crippen LogP) is -2.35. The van der Waals surface area contributed by atoms with Crippen molar-refractivity contribution >= 4 is 5.97 Å². The first-order chi connectivity index (χ1) is 5.29. The topological polar surface area (TPSA) is 40.1 Å². The van der Waals surface area contributed by atoms with Gasteiger partial charge in [-0.05, 0) is 25.2 Å². The smallest absolute Gasteiger partial charge is 0.550 e. The van der Waals surface area contributed by atoms with E-state index in [-0.39, 0.29) is 36.0 Å². The molecule has 1 aliphatic carbocycles. The quantitative estimate of drug-likeness (QED) is 0.450. The minimum atomic E-state index is -0.951. The molecule has 3 heteroatoms. The number of carbonyl (C=O) groups is 1. The van der Waals surface area contributed by atoms with Crippen molar-refractivity contribution in [2.45, 2.75) is 19.3 Å². The Balaban J connectivity index is 0.00000121. The molecule has 12 heavy (non-hydrogen) atoms. The molecule has 0 amide bonds. The summed E-state index contributed by atoms with van der Waals surface area (Å²) in [5, 5.41) is 10.1. The van der Waals surface area contributed by atoms with Crippen molar-refractivity contribution in [3.05, 3.63) is 24.3 Å². The molecule has 0 aromatic carbocycles. The van der Waals surface area contributed by atoms with E-state index in [1.165, 1.54) is 0 Å². The van der Waals surface area contributed by atoms with Gasteiger partial charge in [0.05, 0.1) is 0 Å². The number of carbonyl (C=O) groups excluding carboxylic acids is 1. The van der Waals surface area contributed by atoms with Crippen LogP contribution in [0.3, 0.4) is 0 Å². The van der Waals surface area contributed by atoms with Gasteiger partial charge in [0.2, 0.25) is 0 Å². The molecule has 0 spiro atoms. The Bertz CT molecular complexity index is 197. The number of allylic oxidation sites excluding steroid dienone is 4. The Morgan fingerprint density at radius 1 is 1.50 bits per heavy atom. The van der Waals surface area contributed by atoms with Gasteiger partial charge >= 0.3 is 29.6 Å². The number of carboxylic acid groups (broad SMARTS) is 1. The maximum atomic E-state index is 10.1. The largest absolute Gasteiger partial charge is 1.00 e. The number of rotatable bonds is 3. The summed E-state index contributed by atoms with van der Waals surface area (Å²) in [4.78, 5) is 10.1. The van der Waals surface area contributed by atoms with E-state index in [2.05, 4.69) is 6.08 Å². The summed E-state index contributed by atoms with van der Waals surface area (Å²) < 4.78 is 0. The average Bonchev–Trinajstić information content (AvgIpc) is 2.03. The zero-order chi connectivity index (χ0) is 8.10. The van der Waals surface area contributed by atoms with E-state index in [1.54, 1.807) is 0 Å². The van der Waals surface area contributed by atoms with Crippen LogP contribution in [-0.4, -0.2) is 5.97 Å². The Labute approximate surface area is 94.6 Å². The third-order valence-corrected chi connectivity index (χ3v) is 1.79. The summed E-state index contributed by atoms with van der Waals surface area (Å²) in [5.41, 5.74) is 0. The van der Waals surface area contributed by atoms with Crippen LogP contribution in [0.5, 0.6) is 0 Å². The summed E-state index contributed by atoms with van der Waals surface area (Å²) in [6, 6.07) is 0. The monoisotopic (exact) mass is 174 g/mol. The van der Waals surface area contributed by atoms with Crippen LogP contribution >= 0.6 is 0 Å². The summed E-state index contributed by atoms with van der Waals surface area (Å²) >= 11 is 0. The minimum absolute atomic E-state index is 0. The number of hydrogen-bond donors (Lipinski definition) is 0. The molecule has 0 bridgehead atoms. The molecule has 2 nitrogen and oxygen atoms in total. The second-order valence-electron chi connectivity index (χ2n) is 2.72. The normalized spacial score (nSPS) is 20.2. The summed E-state index contributed by atoms with van der Waals surface area (Å²) in [7, 11) is 0. The van der Waals surface area contributed by atoms with Gasteiger partial charge in [0, 0.05) is 5.97 Å². The van der Waals surface area contributed by atoms with Gasteiger partial charge < -0.3 is 9.90 Å². The maximum Gasteiger partial charge on any atom is 1.00 e. The van der Waals surface area contributed by atoms with Crippen LogP contribution < -0.4 is 34.7 Å². The van der Waals surface area contributed by atoms with Gasteiger partial charge in [-0.3, -0.25) is 0 Å². The fourth-order valence-electron chi connectivity index (χ4n) is 1.15. The van der Waals surface area contributed by atoms with Crippen molar-refractivity contribution in [2.75, 3.05) is 0 Å². The summed E-state index contributed by atoms with van der Waals surface area (Å²) in [5.74, 6) is -0.550. The molecular weight excluding hydrogens is 163 g/mol. The first kappa shape index (κ1) is 11.9. The second-order valence-corrected chi connectivity index (χ2v) is 2.72. The maximum absolute atomic E-state index is 10.1. The molecule has 0 saturated carbocycles. The van der Waals surface area contributed by atoms with Gasteiger partial charge in [0.1, 0.15) is 0 Å². The minimum Gasteiger partial charge on any atom is -0.550 e. The van der Waals surface area contributed by atoms with Crippen molar-refractivity contribution in [1.82, 2.24) is 0 Å². The average molecular weight is 174 g/mol. The van der Waals surface area contributed by atoms with Crippen molar-refractivity contribution in [3.63, 3.8) is 0 Å². The zero-order valence-electron chi connectivity index (χ0n) is 7.32. The van der Waals surface area contributed by atoms with Crippen LogP contribution in [0.4, 0.5) is 0 Å². The first-order valence-corrected chi connectivity index (χ1v) is 3.82. The fraction of sp³-hybridized carbons (Fsp3) is 0.444.